The van der Waals surface area contributed by atoms with Gasteiger partial charge in [0.25, 0.3) is 0 Å². The van der Waals surface area contributed by atoms with E-state index in [2.05, 4.69) is 19.3 Å². The topological polar surface area (TPSA) is 93.6 Å². The van der Waals surface area contributed by atoms with Crippen LogP contribution in [0.25, 0.3) is 11.4 Å². The molecule has 0 radical (unpaired) electrons. The number of nitrogen functional groups attached to an aromatic ring is 1. The molecule has 2 heterocycles. The Labute approximate surface area is 166 Å². The minimum Gasteiger partial charge on any atom is -0.382 e. The normalized spacial score (nSPS) is 18.4. The second-order valence-corrected chi connectivity index (χ2v) is 9.00. The zero-order chi connectivity index (χ0) is 19.2. The first-order valence-corrected chi connectivity index (χ1v) is 10.5. The van der Waals surface area contributed by atoms with Gasteiger partial charge in [0.2, 0.25) is 0 Å². The van der Waals surface area contributed by atoms with E-state index in [-0.39, 0.29) is 16.5 Å². The van der Waals surface area contributed by atoms with Crippen molar-refractivity contribution in [3.05, 3.63) is 64.1 Å². The lowest BCUT2D eigenvalue weighted by atomic mass is 10.2. The average molecular weight is 418 g/mol. The first-order chi connectivity index (χ1) is 12.8. The summed E-state index contributed by atoms with van der Waals surface area (Å²) in [5.74, 6) is 1.03. The van der Waals surface area contributed by atoms with Gasteiger partial charge in [-0.1, -0.05) is 23.2 Å². The predicted molar refractivity (Wildman–Crippen MR) is 109 cm³/mol. The highest BCUT2D eigenvalue weighted by atomic mass is 35.5. The number of halogens is 2. The Morgan fingerprint density at radius 3 is 2.04 bits per heavy atom. The van der Waals surface area contributed by atoms with Crippen LogP contribution >= 0.6 is 23.2 Å². The van der Waals surface area contributed by atoms with Crippen LogP contribution in [0.15, 0.2) is 62.8 Å². The molecule has 0 aliphatic carbocycles. The Balaban J connectivity index is 1.91. The molecule has 0 bridgehead atoms. The number of rotatable bonds is 2. The lowest BCUT2D eigenvalue weighted by molar-refractivity contribution is 0.680. The zero-order valence-corrected chi connectivity index (χ0v) is 16.4. The summed E-state index contributed by atoms with van der Waals surface area (Å²) in [4.78, 5) is 13.5. The van der Waals surface area contributed by atoms with E-state index < -0.39 is 9.73 Å². The van der Waals surface area contributed by atoms with Crippen LogP contribution in [0.4, 0.5) is 11.6 Å². The number of hydrogen-bond donors (Lipinski definition) is 1. The molecule has 9 heteroatoms. The molecule has 6 nitrogen and oxygen atoms in total. The molecule has 27 heavy (non-hydrogen) atoms. The summed E-state index contributed by atoms with van der Waals surface area (Å²) in [5, 5.41) is 1.19. The highest BCUT2D eigenvalue weighted by Crippen LogP contribution is 2.35. The van der Waals surface area contributed by atoms with Gasteiger partial charge in [-0.25, -0.2) is 19.2 Å². The fraction of sp³-hybridized carbons (Fsp3) is 0.0556. The van der Waals surface area contributed by atoms with E-state index in [0.29, 0.717) is 27.3 Å². The summed E-state index contributed by atoms with van der Waals surface area (Å²) in [7, 11) is -2.85. The lowest BCUT2D eigenvalue weighted by Crippen LogP contribution is -2.14. The third-order valence-corrected chi connectivity index (χ3v) is 6.10. The fourth-order valence-electron chi connectivity index (χ4n) is 2.67. The van der Waals surface area contributed by atoms with Crippen LogP contribution < -0.4 is 5.73 Å². The van der Waals surface area contributed by atoms with Gasteiger partial charge in [0, 0.05) is 27.4 Å². The van der Waals surface area contributed by atoms with Gasteiger partial charge < -0.3 is 5.73 Å². The number of amidine groups is 1. The monoisotopic (exact) mass is 417 g/mol. The molecule has 1 aliphatic rings. The molecular weight excluding hydrogens is 405 g/mol. The number of benzene rings is 2. The van der Waals surface area contributed by atoms with Crippen molar-refractivity contribution < 1.29 is 4.21 Å². The number of aliphatic imine (C=N–C) groups is 1. The van der Waals surface area contributed by atoms with Crippen LogP contribution in [-0.4, -0.2) is 26.3 Å². The highest BCUT2D eigenvalue weighted by Gasteiger charge is 2.26. The Morgan fingerprint density at radius 2 is 1.44 bits per heavy atom. The van der Waals surface area contributed by atoms with E-state index >= 15 is 0 Å². The second-order valence-electron chi connectivity index (χ2n) is 5.93. The van der Waals surface area contributed by atoms with Crippen molar-refractivity contribution in [3.8, 4) is 11.4 Å². The smallest absolute Gasteiger partial charge is 0.177 e. The predicted octanol–water partition coefficient (Wildman–Crippen LogP) is 4.58. The molecule has 1 atom stereocenters. The molecular formula is C18H13Cl2N5OS. The summed E-state index contributed by atoms with van der Waals surface area (Å²) in [6.45, 7) is 0. The number of hydrogen-bond acceptors (Lipinski definition) is 6. The molecule has 2 N–H and O–H groups in total. The Kier molecular flexibility index (Phi) is 4.38. The number of fused-ring (bicyclic) bond motifs is 1. The maximum atomic E-state index is 13.1. The van der Waals surface area contributed by atoms with Gasteiger partial charge in [0.1, 0.15) is 10.7 Å². The molecule has 1 unspecified atom stereocenters. The van der Waals surface area contributed by atoms with Crippen LogP contribution in [0, 0.1) is 0 Å². The van der Waals surface area contributed by atoms with Gasteiger partial charge in [-0.3, -0.25) is 0 Å². The van der Waals surface area contributed by atoms with Crippen LogP contribution in [0.2, 0.25) is 10.0 Å². The third-order valence-electron chi connectivity index (χ3n) is 3.93. The Hall–Kier alpha value is -2.48. The summed E-state index contributed by atoms with van der Waals surface area (Å²) in [5.41, 5.74) is 7.50. The number of aromatic nitrogens is 2. The molecule has 2 aromatic carbocycles. The molecule has 0 amide bonds. The highest BCUT2D eigenvalue weighted by molar-refractivity contribution is 7.93. The summed E-state index contributed by atoms with van der Waals surface area (Å²) in [6.07, 6.45) is 1.50. The number of nitrogens with zero attached hydrogens (tertiary/aromatic N) is 4. The standard InChI is InChI=1S/C18H13Cl2N5OS/c1-27(26)14-15(21)22-16(10-2-6-12(19)7-3-10)23-18(14)24-17(25-27)11-4-8-13(20)9-5-11/h2-9H,1H3,(H2,21,22,23,24,25,26). The molecule has 0 saturated heterocycles. The van der Waals surface area contributed by atoms with Crippen LogP contribution in [0.3, 0.4) is 0 Å². The van der Waals surface area contributed by atoms with Crippen molar-refractivity contribution in [2.24, 2.45) is 9.36 Å². The maximum Gasteiger partial charge on any atom is 0.177 e. The Morgan fingerprint density at radius 1 is 0.889 bits per heavy atom. The van der Waals surface area contributed by atoms with E-state index in [9.17, 15) is 4.21 Å². The van der Waals surface area contributed by atoms with Gasteiger partial charge in [-0.05, 0) is 48.5 Å². The van der Waals surface area contributed by atoms with Gasteiger partial charge in [-0.2, -0.15) is 4.36 Å². The number of anilines is 1. The van der Waals surface area contributed by atoms with E-state index in [1.807, 2.05) is 0 Å². The largest absolute Gasteiger partial charge is 0.382 e. The van der Waals surface area contributed by atoms with Crippen molar-refractivity contribution in [1.29, 1.82) is 0 Å². The molecule has 0 saturated carbocycles. The van der Waals surface area contributed by atoms with Gasteiger partial charge in [0.15, 0.2) is 17.5 Å². The van der Waals surface area contributed by atoms with E-state index in [1.54, 1.807) is 48.5 Å². The second kappa shape index (κ2) is 6.60. The first kappa shape index (κ1) is 17.9. The third kappa shape index (κ3) is 3.41. The van der Waals surface area contributed by atoms with Crippen LogP contribution in [0.1, 0.15) is 5.56 Å². The van der Waals surface area contributed by atoms with Gasteiger partial charge in [-0.15, -0.1) is 0 Å². The first-order valence-electron chi connectivity index (χ1n) is 7.84. The molecule has 0 fully saturated rings. The lowest BCUT2D eigenvalue weighted by Gasteiger charge is -2.16. The van der Waals surface area contributed by atoms with E-state index in [0.717, 1.165) is 5.56 Å². The Bertz CT molecular complexity index is 1200. The zero-order valence-electron chi connectivity index (χ0n) is 14.1. The summed E-state index contributed by atoms with van der Waals surface area (Å²) < 4.78 is 17.4. The van der Waals surface area contributed by atoms with Crippen molar-refractivity contribution in [3.63, 3.8) is 0 Å². The average Bonchev–Trinajstić information content (AvgIpc) is 2.61. The maximum absolute atomic E-state index is 13.1. The van der Waals surface area contributed by atoms with Gasteiger partial charge in [0.05, 0.1) is 9.73 Å². The van der Waals surface area contributed by atoms with Crippen molar-refractivity contribution in [1.82, 2.24) is 9.97 Å². The molecule has 1 aliphatic heterocycles. The van der Waals surface area contributed by atoms with Crippen molar-refractivity contribution in [2.75, 3.05) is 12.0 Å². The molecule has 136 valence electrons. The summed E-state index contributed by atoms with van der Waals surface area (Å²) in [6, 6.07) is 14.0. The minimum atomic E-state index is -2.85. The summed E-state index contributed by atoms with van der Waals surface area (Å²) >= 11 is 11.9. The van der Waals surface area contributed by atoms with Crippen molar-refractivity contribution in [2.45, 2.75) is 4.90 Å². The van der Waals surface area contributed by atoms with Crippen molar-refractivity contribution >= 4 is 50.4 Å². The molecule has 3 aromatic rings. The molecule has 4 rings (SSSR count). The SMILES string of the molecule is CS1(=O)=NC(c2ccc(Cl)cc2)=Nc2nc(-c3ccc(Cl)cc3)nc(N)c21. The van der Waals surface area contributed by atoms with E-state index in [4.69, 9.17) is 28.9 Å². The fourth-order valence-corrected chi connectivity index (χ4v) is 4.35. The van der Waals surface area contributed by atoms with E-state index in [1.165, 1.54) is 6.26 Å². The number of nitrogens with two attached hydrogens (primary N) is 1. The minimum absolute atomic E-state index is 0.0973. The van der Waals surface area contributed by atoms with Crippen LogP contribution in [0.5, 0.6) is 0 Å². The molecule has 0 spiro atoms. The quantitative estimate of drug-likeness (QED) is 0.659. The van der Waals surface area contributed by atoms with Crippen LogP contribution in [-0.2, 0) is 9.73 Å². The van der Waals surface area contributed by atoms with Gasteiger partial charge >= 0.3 is 0 Å². The molecule has 1 aromatic heterocycles.